The molecule has 0 saturated carbocycles. The lowest BCUT2D eigenvalue weighted by molar-refractivity contribution is 0.597. The second-order valence-corrected chi connectivity index (χ2v) is 4.59. The molecule has 0 aliphatic heterocycles. The molecule has 0 spiro atoms. The van der Waals surface area contributed by atoms with E-state index in [1.807, 2.05) is 0 Å². The number of hydrogen-bond acceptors (Lipinski definition) is 4. The van der Waals surface area contributed by atoms with E-state index in [2.05, 4.69) is 4.98 Å². The van der Waals surface area contributed by atoms with Gasteiger partial charge in [-0.05, 0) is 12.1 Å². The third-order valence-electron chi connectivity index (χ3n) is 1.69. The van der Waals surface area contributed by atoms with Crippen LogP contribution in [0.25, 0.3) is 0 Å². The molecule has 14 heavy (non-hydrogen) atoms. The molecule has 1 aromatic rings. The first kappa shape index (κ1) is 10.5. The Bertz CT molecular complexity index is 435. The fourth-order valence-corrected chi connectivity index (χ4v) is 1.69. The van der Waals surface area contributed by atoms with E-state index in [0.29, 0.717) is 5.69 Å². The van der Waals surface area contributed by atoms with Crippen LogP contribution in [0.4, 0.5) is 5.69 Å². The van der Waals surface area contributed by atoms with Gasteiger partial charge in [-0.1, -0.05) is 0 Å². The number of nitriles is 1. The van der Waals surface area contributed by atoms with Gasteiger partial charge in [-0.25, -0.2) is 8.42 Å². The van der Waals surface area contributed by atoms with Crippen molar-refractivity contribution in [3.05, 3.63) is 24.5 Å². The van der Waals surface area contributed by atoms with E-state index in [4.69, 9.17) is 5.26 Å². The Balaban J connectivity index is 2.98. The van der Waals surface area contributed by atoms with E-state index in [1.54, 1.807) is 18.2 Å². The molecule has 74 valence electrons. The molecule has 5 nitrogen and oxygen atoms in total. The number of pyridine rings is 1. The Labute approximate surface area is 82.7 Å². The van der Waals surface area contributed by atoms with Crippen molar-refractivity contribution < 1.29 is 8.42 Å². The van der Waals surface area contributed by atoms with Gasteiger partial charge < -0.3 is 0 Å². The predicted molar refractivity (Wildman–Crippen MR) is 52.0 cm³/mol. The topological polar surface area (TPSA) is 74.1 Å². The zero-order chi connectivity index (χ0) is 10.6. The Morgan fingerprint density at radius 1 is 1.50 bits per heavy atom. The fraction of sp³-hybridized carbons (Fsp3) is 0.250. The lowest BCUT2D eigenvalue weighted by Gasteiger charge is -2.16. The number of sulfonamides is 1. The minimum Gasteiger partial charge on any atom is -0.272 e. The lowest BCUT2D eigenvalue weighted by Crippen LogP contribution is -2.28. The van der Waals surface area contributed by atoms with Crippen molar-refractivity contribution in [2.75, 3.05) is 17.1 Å². The van der Waals surface area contributed by atoms with E-state index in [-0.39, 0.29) is 0 Å². The van der Waals surface area contributed by atoms with Crippen LogP contribution in [0.15, 0.2) is 24.5 Å². The largest absolute Gasteiger partial charge is 0.272 e. The second-order valence-electron chi connectivity index (χ2n) is 2.59. The maximum absolute atomic E-state index is 11.4. The molecule has 6 heteroatoms. The zero-order valence-corrected chi connectivity index (χ0v) is 8.40. The van der Waals surface area contributed by atoms with E-state index >= 15 is 0 Å². The van der Waals surface area contributed by atoms with Crippen molar-refractivity contribution in [2.24, 2.45) is 0 Å². The molecule has 0 amide bonds. The molecule has 0 aromatic carbocycles. The average Bonchev–Trinajstić information content (AvgIpc) is 2.18. The molecule has 0 aliphatic carbocycles. The van der Waals surface area contributed by atoms with Crippen LogP contribution in [0.3, 0.4) is 0 Å². The molecule has 0 bridgehead atoms. The predicted octanol–water partition coefficient (Wildman–Crippen LogP) is 0.371. The van der Waals surface area contributed by atoms with Gasteiger partial charge in [0.25, 0.3) is 0 Å². The normalized spacial score (nSPS) is 10.6. The number of rotatable bonds is 3. The van der Waals surface area contributed by atoms with Gasteiger partial charge in [0.05, 0.1) is 11.8 Å². The van der Waals surface area contributed by atoms with Crippen LogP contribution in [0.5, 0.6) is 0 Å². The Morgan fingerprint density at radius 2 is 2.07 bits per heavy atom. The molecule has 1 heterocycles. The molecule has 0 saturated heterocycles. The summed E-state index contributed by atoms with van der Waals surface area (Å²) in [4.78, 5) is 3.77. The Hall–Kier alpha value is -1.61. The highest BCUT2D eigenvalue weighted by Crippen LogP contribution is 2.13. The fourth-order valence-electron chi connectivity index (χ4n) is 0.893. The highest BCUT2D eigenvalue weighted by molar-refractivity contribution is 7.92. The van der Waals surface area contributed by atoms with E-state index < -0.39 is 15.8 Å². The Kier molecular flexibility index (Phi) is 3.04. The summed E-state index contributed by atoms with van der Waals surface area (Å²) in [5.41, 5.74) is 0.496. The van der Waals surface area contributed by atoms with Crippen LogP contribution in [-0.4, -0.2) is 26.2 Å². The minimum absolute atomic E-state index is 0.496. The van der Waals surface area contributed by atoms with E-state index in [0.717, 1.165) is 4.31 Å². The summed E-state index contributed by atoms with van der Waals surface area (Å²) in [7, 11) is -2.11. The summed E-state index contributed by atoms with van der Waals surface area (Å²) in [5, 5.41) is 8.33. The first-order valence-electron chi connectivity index (χ1n) is 3.81. The number of hydrogen-bond donors (Lipinski definition) is 0. The standard InChI is InChI=1S/C8H9N3O2S/c1-11(14(12,13)7-4-9)8-2-5-10-6-3-8/h2-3,5-6H,7H2,1H3. The molecule has 0 aliphatic rings. The molecule has 0 radical (unpaired) electrons. The Morgan fingerprint density at radius 3 is 2.57 bits per heavy atom. The molecule has 1 aromatic heterocycles. The van der Waals surface area contributed by atoms with Crippen molar-refractivity contribution in [1.29, 1.82) is 5.26 Å². The number of nitrogens with zero attached hydrogens (tertiary/aromatic N) is 3. The summed E-state index contributed by atoms with van der Waals surface area (Å²) in [6.45, 7) is 0. The van der Waals surface area contributed by atoms with Crippen molar-refractivity contribution in [1.82, 2.24) is 4.98 Å². The van der Waals surface area contributed by atoms with Crippen LogP contribution in [0.2, 0.25) is 0 Å². The molecule has 1 rings (SSSR count). The maximum atomic E-state index is 11.4. The molecule has 0 N–H and O–H groups in total. The van der Waals surface area contributed by atoms with Crippen molar-refractivity contribution >= 4 is 15.7 Å². The van der Waals surface area contributed by atoms with Crippen LogP contribution in [0.1, 0.15) is 0 Å². The lowest BCUT2D eigenvalue weighted by atomic mass is 10.4. The quantitative estimate of drug-likeness (QED) is 0.724. The van der Waals surface area contributed by atoms with Crippen molar-refractivity contribution in [3.63, 3.8) is 0 Å². The van der Waals surface area contributed by atoms with Gasteiger partial charge in [-0.15, -0.1) is 0 Å². The van der Waals surface area contributed by atoms with Gasteiger partial charge in [-0.3, -0.25) is 9.29 Å². The van der Waals surface area contributed by atoms with Gasteiger partial charge in [-0.2, -0.15) is 5.26 Å². The number of aromatic nitrogens is 1. The van der Waals surface area contributed by atoms with Crippen LogP contribution in [-0.2, 0) is 10.0 Å². The highest BCUT2D eigenvalue weighted by Gasteiger charge is 2.17. The van der Waals surface area contributed by atoms with Crippen molar-refractivity contribution in [3.8, 4) is 6.07 Å². The van der Waals surface area contributed by atoms with Crippen LogP contribution in [0, 0.1) is 11.3 Å². The smallest absolute Gasteiger partial charge is 0.248 e. The summed E-state index contributed by atoms with van der Waals surface area (Å²) in [5.74, 6) is -0.522. The van der Waals surface area contributed by atoms with Gasteiger partial charge in [0, 0.05) is 19.4 Å². The molecule has 0 unspecified atom stereocenters. The van der Waals surface area contributed by atoms with Gasteiger partial charge in [0.2, 0.25) is 10.0 Å². The highest BCUT2D eigenvalue weighted by atomic mass is 32.2. The average molecular weight is 211 g/mol. The maximum Gasteiger partial charge on any atom is 0.248 e. The van der Waals surface area contributed by atoms with Crippen molar-refractivity contribution in [2.45, 2.75) is 0 Å². The summed E-state index contributed by atoms with van der Waals surface area (Å²) >= 11 is 0. The first-order valence-corrected chi connectivity index (χ1v) is 5.42. The minimum atomic E-state index is -3.52. The summed E-state index contributed by atoms with van der Waals surface area (Å²) in [6.07, 6.45) is 2.99. The zero-order valence-electron chi connectivity index (χ0n) is 7.58. The third-order valence-corrected chi connectivity index (χ3v) is 3.23. The monoisotopic (exact) mass is 211 g/mol. The third kappa shape index (κ3) is 2.20. The van der Waals surface area contributed by atoms with Crippen LogP contribution >= 0.6 is 0 Å². The SMILES string of the molecule is CN(c1ccncc1)S(=O)(=O)CC#N. The van der Waals surface area contributed by atoms with Crippen LogP contribution < -0.4 is 4.31 Å². The van der Waals surface area contributed by atoms with E-state index in [9.17, 15) is 8.42 Å². The van der Waals surface area contributed by atoms with Gasteiger partial charge in [0.1, 0.15) is 0 Å². The first-order chi connectivity index (χ1) is 6.58. The van der Waals surface area contributed by atoms with E-state index in [1.165, 1.54) is 19.4 Å². The summed E-state index contributed by atoms with van der Waals surface area (Å²) in [6, 6.07) is 4.74. The summed E-state index contributed by atoms with van der Waals surface area (Å²) < 4.78 is 23.9. The molecule has 0 atom stereocenters. The molecular weight excluding hydrogens is 202 g/mol. The molecule has 0 fully saturated rings. The number of anilines is 1. The van der Waals surface area contributed by atoms with Gasteiger partial charge >= 0.3 is 0 Å². The second kappa shape index (κ2) is 4.07. The molecular formula is C8H9N3O2S. The van der Waals surface area contributed by atoms with Gasteiger partial charge in [0.15, 0.2) is 5.75 Å².